The minimum atomic E-state index is -0.0157. The number of rotatable bonds is 2. The number of pyridine rings is 1. The van der Waals surface area contributed by atoms with Gasteiger partial charge in [0, 0.05) is 18.0 Å². The number of phenolic OH excluding ortho intramolecular Hbond substituents is 1. The van der Waals surface area contributed by atoms with Gasteiger partial charge in [-0.25, -0.2) is 0 Å². The van der Waals surface area contributed by atoms with Crippen molar-refractivity contribution in [2.24, 2.45) is 4.99 Å². The molecule has 3 heterocycles. The van der Waals surface area contributed by atoms with Gasteiger partial charge in [0.05, 0.1) is 11.7 Å². The quantitative estimate of drug-likeness (QED) is 0.924. The van der Waals surface area contributed by atoms with E-state index in [0.29, 0.717) is 11.0 Å². The van der Waals surface area contributed by atoms with Crippen LogP contribution in [0, 0.1) is 0 Å². The van der Waals surface area contributed by atoms with Gasteiger partial charge in [-0.05, 0) is 29.8 Å². The van der Waals surface area contributed by atoms with Gasteiger partial charge in [-0.1, -0.05) is 36.9 Å². The normalized spacial score (nSPS) is 26.9. The molecule has 0 amide bonds. The topological polar surface area (TPSA) is 48.7 Å². The van der Waals surface area contributed by atoms with Crippen molar-refractivity contribution in [3.05, 3.63) is 59.9 Å². The van der Waals surface area contributed by atoms with Gasteiger partial charge in [-0.15, -0.1) is 0 Å². The monoisotopic (exact) mass is 311 g/mol. The molecule has 2 aliphatic heterocycles. The van der Waals surface area contributed by atoms with Gasteiger partial charge in [-0.3, -0.25) is 9.98 Å². The van der Waals surface area contributed by atoms with E-state index < -0.39 is 0 Å². The average Bonchev–Trinajstić information content (AvgIpc) is 3.04. The molecule has 2 aromatic rings. The lowest BCUT2D eigenvalue weighted by Gasteiger charge is -2.27. The Labute approximate surface area is 133 Å². The molecule has 0 spiro atoms. The molecular formula is C17H17N3OS. The van der Waals surface area contributed by atoms with Crippen LogP contribution in [0.3, 0.4) is 0 Å². The van der Waals surface area contributed by atoms with Gasteiger partial charge in [-0.2, -0.15) is 0 Å². The van der Waals surface area contributed by atoms with Crippen LogP contribution in [-0.2, 0) is 0 Å². The first-order valence-electron chi connectivity index (χ1n) is 7.43. The summed E-state index contributed by atoms with van der Waals surface area (Å²) in [6.45, 7) is 3.20. The van der Waals surface area contributed by atoms with E-state index in [4.69, 9.17) is 4.99 Å². The zero-order chi connectivity index (χ0) is 15.1. The van der Waals surface area contributed by atoms with Crippen LogP contribution in [0.2, 0.25) is 0 Å². The highest BCUT2D eigenvalue weighted by atomic mass is 32.2. The molecule has 0 saturated carbocycles. The summed E-state index contributed by atoms with van der Waals surface area (Å²) >= 11 is 1.82. The average molecular weight is 311 g/mol. The zero-order valence-electron chi connectivity index (χ0n) is 12.3. The Morgan fingerprint density at radius 2 is 2.14 bits per heavy atom. The summed E-state index contributed by atoms with van der Waals surface area (Å²) in [5.74, 6) is 0.297. The third kappa shape index (κ3) is 2.25. The molecule has 22 heavy (non-hydrogen) atoms. The largest absolute Gasteiger partial charge is 0.508 e. The highest BCUT2D eigenvalue weighted by Gasteiger charge is 2.43. The predicted octanol–water partition coefficient (Wildman–Crippen LogP) is 3.38. The van der Waals surface area contributed by atoms with Crippen molar-refractivity contribution in [2.75, 3.05) is 6.54 Å². The summed E-state index contributed by atoms with van der Waals surface area (Å²) in [7, 11) is 0. The maximum absolute atomic E-state index is 9.85. The van der Waals surface area contributed by atoms with E-state index in [-0.39, 0.29) is 12.1 Å². The fraction of sp³-hybridized carbons (Fsp3) is 0.294. The zero-order valence-corrected chi connectivity index (χ0v) is 13.1. The van der Waals surface area contributed by atoms with E-state index in [9.17, 15) is 5.11 Å². The Hall–Kier alpha value is -2.01. The van der Waals surface area contributed by atoms with Crippen molar-refractivity contribution < 1.29 is 5.11 Å². The standard InChI is InChI=1S/C17H17N3OS/c1-11-10-20-16(12-5-4-6-13(21)9-12)15(19-17(20)22-11)14-7-2-3-8-18-14/h2-9,11,15-16,21H,10H2,1H3/t11-,15+,16-/m1/s1. The molecule has 1 aromatic heterocycles. The Bertz CT molecular complexity index is 719. The van der Waals surface area contributed by atoms with E-state index in [1.165, 1.54) is 0 Å². The van der Waals surface area contributed by atoms with Crippen LogP contribution < -0.4 is 0 Å². The van der Waals surface area contributed by atoms with E-state index in [1.807, 2.05) is 48.3 Å². The maximum atomic E-state index is 9.85. The Morgan fingerprint density at radius 3 is 2.91 bits per heavy atom. The number of aromatic hydroxyl groups is 1. The fourth-order valence-corrected chi connectivity index (χ4v) is 4.28. The third-order valence-corrected chi connectivity index (χ3v) is 5.20. The number of hydrogen-bond donors (Lipinski definition) is 1. The third-order valence-electron chi connectivity index (χ3n) is 4.09. The fourth-order valence-electron chi connectivity index (χ4n) is 3.19. The maximum Gasteiger partial charge on any atom is 0.160 e. The van der Waals surface area contributed by atoms with Gasteiger partial charge in [0.25, 0.3) is 0 Å². The highest BCUT2D eigenvalue weighted by Crippen LogP contribution is 2.47. The molecule has 0 bridgehead atoms. The summed E-state index contributed by atoms with van der Waals surface area (Å²) in [6.07, 6.45) is 1.81. The Kier molecular flexibility index (Phi) is 3.30. The SMILES string of the molecule is C[C@@H]1CN2C(=N[C@@H](c3ccccn3)[C@H]2c2cccc(O)c2)S1. The number of aromatic nitrogens is 1. The number of hydrogen-bond acceptors (Lipinski definition) is 5. The molecule has 4 rings (SSSR count). The van der Waals surface area contributed by atoms with Crippen LogP contribution in [0.15, 0.2) is 53.7 Å². The van der Waals surface area contributed by atoms with Crippen LogP contribution in [0.1, 0.15) is 30.3 Å². The van der Waals surface area contributed by atoms with Crippen LogP contribution in [-0.4, -0.2) is 32.0 Å². The first-order chi connectivity index (χ1) is 10.7. The number of benzene rings is 1. The van der Waals surface area contributed by atoms with E-state index in [0.717, 1.165) is 23.0 Å². The summed E-state index contributed by atoms with van der Waals surface area (Å²) < 4.78 is 0. The Balaban J connectivity index is 1.78. The molecule has 0 unspecified atom stereocenters. The van der Waals surface area contributed by atoms with Crippen LogP contribution in [0.25, 0.3) is 0 Å². The van der Waals surface area contributed by atoms with E-state index in [1.54, 1.807) is 6.07 Å². The van der Waals surface area contributed by atoms with Crippen molar-refractivity contribution in [3.8, 4) is 5.75 Å². The molecule has 1 aromatic carbocycles. The number of nitrogens with zero attached hydrogens (tertiary/aromatic N) is 3. The number of phenols is 1. The summed E-state index contributed by atoms with van der Waals surface area (Å²) in [5.41, 5.74) is 2.06. The van der Waals surface area contributed by atoms with Crippen LogP contribution in [0.4, 0.5) is 0 Å². The van der Waals surface area contributed by atoms with Crippen molar-refractivity contribution >= 4 is 16.9 Å². The molecule has 112 valence electrons. The minimum Gasteiger partial charge on any atom is -0.508 e. The molecule has 1 fully saturated rings. The Morgan fingerprint density at radius 1 is 1.23 bits per heavy atom. The molecule has 0 radical (unpaired) electrons. The molecule has 4 nitrogen and oxygen atoms in total. The second-order valence-electron chi connectivity index (χ2n) is 5.73. The molecule has 0 aliphatic carbocycles. The molecule has 1 saturated heterocycles. The number of amidine groups is 1. The molecule has 3 atom stereocenters. The second kappa shape index (κ2) is 5.32. The molecule has 1 N–H and O–H groups in total. The second-order valence-corrected chi connectivity index (χ2v) is 7.14. The summed E-state index contributed by atoms with van der Waals surface area (Å²) in [6, 6.07) is 13.5. The van der Waals surface area contributed by atoms with E-state index in [2.05, 4.69) is 22.9 Å². The van der Waals surface area contributed by atoms with E-state index >= 15 is 0 Å². The number of aliphatic imine (C=N–C) groups is 1. The summed E-state index contributed by atoms with van der Waals surface area (Å²) in [5, 5.41) is 11.5. The van der Waals surface area contributed by atoms with Gasteiger partial charge in [0.1, 0.15) is 11.8 Å². The molecular weight excluding hydrogens is 294 g/mol. The minimum absolute atomic E-state index is 0.0157. The lowest BCUT2D eigenvalue weighted by Crippen LogP contribution is -2.28. The lowest BCUT2D eigenvalue weighted by atomic mass is 9.96. The van der Waals surface area contributed by atoms with Gasteiger partial charge in [0.2, 0.25) is 0 Å². The molecule has 2 aliphatic rings. The van der Waals surface area contributed by atoms with Crippen molar-refractivity contribution in [1.82, 2.24) is 9.88 Å². The molecule has 5 heteroatoms. The van der Waals surface area contributed by atoms with Crippen LogP contribution >= 0.6 is 11.8 Å². The van der Waals surface area contributed by atoms with Gasteiger partial charge < -0.3 is 10.0 Å². The van der Waals surface area contributed by atoms with Crippen molar-refractivity contribution in [1.29, 1.82) is 0 Å². The first-order valence-corrected chi connectivity index (χ1v) is 8.31. The lowest BCUT2D eigenvalue weighted by molar-refractivity contribution is 0.320. The smallest absolute Gasteiger partial charge is 0.160 e. The number of fused-ring (bicyclic) bond motifs is 1. The highest BCUT2D eigenvalue weighted by molar-refractivity contribution is 8.14. The number of thioether (sulfide) groups is 1. The van der Waals surface area contributed by atoms with Crippen molar-refractivity contribution in [3.63, 3.8) is 0 Å². The first kappa shape index (κ1) is 13.6. The van der Waals surface area contributed by atoms with Gasteiger partial charge in [0.15, 0.2) is 5.17 Å². The predicted molar refractivity (Wildman–Crippen MR) is 89.0 cm³/mol. The summed E-state index contributed by atoms with van der Waals surface area (Å²) in [4.78, 5) is 11.8. The van der Waals surface area contributed by atoms with Crippen molar-refractivity contribution in [2.45, 2.75) is 24.3 Å². The van der Waals surface area contributed by atoms with Gasteiger partial charge >= 0.3 is 0 Å². The van der Waals surface area contributed by atoms with Crippen LogP contribution in [0.5, 0.6) is 5.75 Å².